The largest absolute Gasteiger partial charge is 0.326 e. The molecule has 0 aliphatic heterocycles. The fraction of sp³-hybridized carbons (Fsp3) is 0.500. The Morgan fingerprint density at radius 1 is 1.35 bits per heavy atom. The summed E-state index contributed by atoms with van der Waals surface area (Å²) in [6.07, 6.45) is 4.92. The Morgan fingerprint density at radius 2 is 2.05 bits per heavy atom. The fourth-order valence-electron chi connectivity index (χ4n) is 3.25. The van der Waals surface area contributed by atoms with E-state index in [4.69, 9.17) is 5.73 Å². The number of nitrogens with two attached hydrogens (primary N) is 1. The van der Waals surface area contributed by atoms with Crippen LogP contribution in [0.4, 0.5) is 0 Å². The molecule has 1 saturated carbocycles. The van der Waals surface area contributed by atoms with Gasteiger partial charge in [-0.25, -0.2) is 4.98 Å². The molecule has 1 aromatic heterocycles. The summed E-state index contributed by atoms with van der Waals surface area (Å²) in [5.74, 6) is 0.550. The van der Waals surface area contributed by atoms with Gasteiger partial charge in [-0.15, -0.1) is 0 Å². The van der Waals surface area contributed by atoms with Crippen molar-refractivity contribution in [2.75, 3.05) is 0 Å². The average molecular weight is 271 g/mol. The molecule has 1 heterocycles. The predicted octanol–water partition coefficient (Wildman–Crippen LogP) is 2.22. The van der Waals surface area contributed by atoms with E-state index in [0.29, 0.717) is 18.2 Å². The van der Waals surface area contributed by atoms with Crippen LogP contribution in [0.3, 0.4) is 0 Å². The number of nitrogens with zero attached hydrogens (tertiary/aromatic N) is 2. The van der Waals surface area contributed by atoms with Gasteiger partial charge in [-0.3, -0.25) is 4.79 Å². The van der Waals surface area contributed by atoms with Crippen LogP contribution in [-0.2, 0) is 6.54 Å². The van der Waals surface area contributed by atoms with Crippen molar-refractivity contribution in [1.29, 1.82) is 0 Å². The maximum atomic E-state index is 12.4. The van der Waals surface area contributed by atoms with Gasteiger partial charge in [-0.1, -0.05) is 25.0 Å². The number of benzene rings is 1. The summed E-state index contributed by atoms with van der Waals surface area (Å²) in [4.78, 5) is 16.7. The number of rotatable bonds is 3. The molecule has 1 aliphatic rings. The Balaban J connectivity index is 2.01. The van der Waals surface area contributed by atoms with Crippen molar-refractivity contribution < 1.29 is 0 Å². The standard InChI is InChI=1S/C16H21N3O/c1-11-16(20)19(10-13(17)12-6-2-3-7-12)15-9-5-4-8-14(15)18-11/h4-5,8-9,12-13H,2-3,6-7,10,17H2,1H3. The molecule has 1 aliphatic carbocycles. The first-order chi connectivity index (χ1) is 9.66. The van der Waals surface area contributed by atoms with Crippen molar-refractivity contribution >= 4 is 11.0 Å². The molecule has 0 radical (unpaired) electrons. The van der Waals surface area contributed by atoms with Gasteiger partial charge in [0.2, 0.25) is 0 Å². The molecular weight excluding hydrogens is 250 g/mol. The van der Waals surface area contributed by atoms with Crippen LogP contribution in [0.25, 0.3) is 11.0 Å². The van der Waals surface area contributed by atoms with Gasteiger partial charge in [0, 0.05) is 12.6 Å². The van der Waals surface area contributed by atoms with E-state index in [1.165, 1.54) is 25.7 Å². The second-order valence-corrected chi connectivity index (χ2v) is 5.81. The number of hydrogen-bond donors (Lipinski definition) is 1. The topological polar surface area (TPSA) is 60.9 Å². The highest BCUT2D eigenvalue weighted by Gasteiger charge is 2.23. The highest BCUT2D eigenvalue weighted by atomic mass is 16.1. The van der Waals surface area contributed by atoms with Gasteiger partial charge in [0.15, 0.2) is 0 Å². The first kappa shape index (κ1) is 13.3. The molecule has 1 unspecified atom stereocenters. The Labute approximate surface area is 118 Å². The monoisotopic (exact) mass is 271 g/mol. The number of para-hydroxylation sites is 2. The zero-order valence-corrected chi connectivity index (χ0v) is 11.9. The molecule has 0 bridgehead atoms. The summed E-state index contributed by atoms with van der Waals surface area (Å²) in [6.45, 7) is 2.36. The summed E-state index contributed by atoms with van der Waals surface area (Å²) in [5, 5.41) is 0. The van der Waals surface area contributed by atoms with Crippen molar-refractivity contribution in [3.63, 3.8) is 0 Å². The zero-order chi connectivity index (χ0) is 14.1. The number of aromatic nitrogens is 2. The minimum absolute atomic E-state index is 0.0165. The summed E-state index contributed by atoms with van der Waals surface area (Å²) in [5.41, 5.74) is 8.62. The quantitative estimate of drug-likeness (QED) is 0.931. The van der Waals surface area contributed by atoms with Crippen LogP contribution in [0.15, 0.2) is 29.1 Å². The molecule has 1 aromatic carbocycles. The van der Waals surface area contributed by atoms with Crippen LogP contribution in [0.2, 0.25) is 0 Å². The summed E-state index contributed by atoms with van der Waals surface area (Å²) < 4.78 is 1.81. The van der Waals surface area contributed by atoms with E-state index in [-0.39, 0.29) is 11.6 Å². The maximum Gasteiger partial charge on any atom is 0.272 e. The normalized spacial score (nSPS) is 17.7. The third-order valence-corrected chi connectivity index (χ3v) is 4.41. The van der Waals surface area contributed by atoms with Crippen molar-refractivity contribution in [3.05, 3.63) is 40.3 Å². The lowest BCUT2D eigenvalue weighted by atomic mass is 9.99. The maximum absolute atomic E-state index is 12.4. The average Bonchev–Trinajstić information content (AvgIpc) is 2.98. The SMILES string of the molecule is Cc1nc2ccccc2n(CC(N)C2CCCC2)c1=O. The Bertz CT molecular complexity index is 671. The Hall–Kier alpha value is -1.68. The second kappa shape index (κ2) is 5.37. The van der Waals surface area contributed by atoms with E-state index < -0.39 is 0 Å². The van der Waals surface area contributed by atoms with E-state index >= 15 is 0 Å². The number of hydrogen-bond acceptors (Lipinski definition) is 3. The van der Waals surface area contributed by atoms with Gasteiger partial charge in [-0.2, -0.15) is 0 Å². The molecule has 2 aromatic rings. The molecule has 106 valence electrons. The highest BCUT2D eigenvalue weighted by Crippen LogP contribution is 2.27. The van der Waals surface area contributed by atoms with E-state index in [9.17, 15) is 4.79 Å². The minimum Gasteiger partial charge on any atom is -0.326 e. The summed E-state index contributed by atoms with van der Waals surface area (Å²) in [7, 11) is 0. The molecule has 0 amide bonds. The first-order valence-corrected chi connectivity index (χ1v) is 7.38. The molecule has 3 rings (SSSR count). The summed E-state index contributed by atoms with van der Waals surface area (Å²) >= 11 is 0. The lowest BCUT2D eigenvalue weighted by Crippen LogP contribution is -2.37. The van der Waals surface area contributed by atoms with Crippen LogP contribution < -0.4 is 11.3 Å². The van der Waals surface area contributed by atoms with E-state index in [2.05, 4.69) is 4.98 Å². The third-order valence-electron chi connectivity index (χ3n) is 4.41. The molecule has 2 N–H and O–H groups in total. The van der Waals surface area contributed by atoms with Gasteiger partial charge >= 0.3 is 0 Å². The molecule has 0 spiro atoms. The van der Waals surface area contributed by atoms with Gasteiger partial charge in [0.1, 0.15) is 5.69 Å². The number of fused-ring (bicyclic) bond motifs is 1. The Morgan fingerprint density at radius 3 is 2.80 bits per heavy atom. The molecule has 4 nitrogen and oxygen atoms in total. The van der Waals surface area contributed by atoms with Gasteiger partial charge in [-0.05, 0) is 37.8 Å². The molecule has 20 heavy (non-hydrogen) atoms. The third kappa shape index (κ3) is 2.36. The second-order valence-electron chi connectivity index (χ2n) is 5.81. The van der Waals surface area contributed by atoms with Gasteiger partial charge in [0.25, 0.3) is 5.56 Å². The van der Waals surface area contributed by atoms with E-state index in [1.807, 2.05) is 24.3 Å². The van der Waals surface area contributed by atoms with Crippen molar-refractivity contribution in [2.24, 2.45) is 11.7 Å². The van der Waals surface area contributed by atoms with Crippen LogP contribution >= 0.6 is 0 Å². The smallest absolute Gasteiger partial charge is 0.272 e. The lowest BCUT2D eigenvalue weighted by Gasteiger charge is -2.21. The Kier molecular flexibility index (Phi) is 3.57. The van der Waals surface area contributed by atoms with Crippen LogP contribution in [0, 0.1) is 12.8 Å². The van der Waals surface area contributed by atoms with Crippen LogP contribution in [0.1, 0.15) is 31.4 Å². The van der Waals surface area contributed by atoms with Crippen molar-refractivity contribution in [3.8, 4) is 0 Å². The summed E-state index contributed by atoms with van der Waals surface area (Å²) in [6, 6.07) is 7.83. The van der Waals surface area contributed by atoms with E-state index in [0.717, 1.165) is 11.0 Å². The van der Waals surface area contributed by atoms with E-state index in [1.54, 1.807) is 11.5 Å². The van der Waals surface area contributed by atoms with Crippen LogP contribution in [-0.4, -0.2) is 15.6 Å². The van der Waals surface area contributed by atoms with Crippen LogP contribution in [0.5, 0.6) is 0 Å². The lowest BCUT2D eigenvalue weighted by molar-refractivity contribution is 0.387. The molecule has 4 heteroatoms. The number of aryl methyl sites for hydroxylation is 1. The fourth-order valence-corrected chi connectivity index (χ4v) is 3.25. The molecule has 1 fully saturated rings. The van der Waals surface area contributed by atoms with Gasteiger partial charge < -0.3 is 10.3 Å². The molecule has 0 saturated heterocycles. The molecule has 1 atom stereocenters. The minimum atomic E-state index is -0.0165. The zero-order valence-electron chi connectivity index (χ0n) is 11.9. The van der Waals surface area contributed by atoms with Crippen molar-refractivity contribution in [2.45, 2.75) is 45.2 Å². The molecular formula is C16H21N3O. The van der Waals surface area contributed by atoms with Crippen molar-refractivity contribution in [1.82, 2.24) is 9.55 Å². The highest BCUT2D eigenvalue weighted by molar-refractivity contribution is 5.74. The van der Waals surface area contributed by atoms with Gasteiger partial charge in [0.05, 0.1) is 11.0 Å². The predicted molar refractivity (Wildman–Crippen MR) is 80.7 cm³/mol. The first-order valence-electron chi connectivity index (χ1n) is 7.38.